The molecule has 0 aromatic heterocycles. The van der Waals surface area contributed by atoms with Crippen LogP contribution in [0.25, 0.3) is 6.08 Å². The highest BCUT2D eigenvalue weighted by molar-refractivity contribution is 9.09. The first-order valence-electron chi connectivity index (χ1n) is 4.96. The third-order valence-corrected chi connectivity index (χ3v) is 2.97. The molecule has 0 spiro atoms. The molecule has 1 aromatic rings. The maximum absolute atomic E-state index is 3.52. The Hall–Kier alpha value is -0.560. The van der Waals surface area contributed by atoms with Crippen molar-refractivity contribution < 1.29 is 0 Å². The van der Waals surface area contributed by atoms with Gasteiger partial charge in [-0.25, -0.2) is 0 Å². The lowest BCUT2D eigenvalue weighted by Gasteiger charge is -2.07. The molecule has 0 unspecified atom stereocenters. The summed E-state index contributed by atoms with van der Waals surface area (Å²) >= 11 is 3.52. The van der Waals surface area contributed by atoms with Gasteiger partial charge in [0.1, 0.15) is 0 Å². The summed E-state index contributed by atoms with van der Waals surface area (Å²) in [5, 5.41) is 0.957. The van der Waals surface area contributed by atoms with Crippen LogP contribution in [0.5, 0.6) is 0 Å². The van der Waals surface area contributed by atoms with Gasteiger partial charge in [-0.15, -0.1) is 0 Å². The van der Waals surface area contributed by atoms with Crippen molar-refractivity contribution in [1.82, 2.24) is 0 Å². The Balaban J connectivity index is 2.89. The van der Waals surface area contributed by atoms with Gasteiger partial charge in [0.05, 0.1) is 0 Å². The van der Waals surface area contributed by atoms with Gasteiger partial charge in [0.15, 0.2) is 0 Å². The van der Waals surface area contributed by atoms with Gasteiger partial charge in [-0.05, 0) is 18.4 Å². The Bertz CT molecular complexity index is 307. The lowest BCUT2D eigenvalue weighted by Crippen LogP contribution is -1.94. The third kappa shape index (κ3) is 3.30. The number of alkyl halides is 1. The first-order valence-corrected chi connectivity index (χ1v) is 6.08. The maximum Gasteiger partial charge on any atom is 0.0247 e. The van der Waals surface area contributed by atoms with Crippen molar-refractivity contribution in [3.8, 4) is 0 Å². The van der Waals surface area contributed by atoms with Gasteiger partial charge in [-0.2, -0.15) is 0 Å². The fourth-order valence-electron chi connectivity index (χ4n) is 1.24. The Kier molecular flexibility index (Phi) is 4.40. The van der Waals surface area contributed by atoms with Gasteiger partial charge >= 0.3 is 0 Å². The van der Waals surface area contributed by atoms with Crippen LogP contribution < -0.4 is 0 Å². The monoisotopic (exact) mass is 252 g/mol. The maximum atomic E-state index is 3.52. The van der Waals surface area contributed by atoms with Crippen LogP contribution in [-0.2, 0) is 0 Å². The molecular formula is C13H17Br. The number of hydrogen-bond acceptors (Lipinski definition) is 0. The molecule has 1 rings (SSSR count). The molecule has 0 aliphatic carbocycles. The van der Waals surface area contributed by atoms with Gasteiger partial charge in [-0.3, -0.25) is 0 Å². The molecule has 76 valence electrons. The molecule has 14 heavy (non-hydrogen) atoms. The SMILES string of the molecule is Cc1ccc(C=C(CBr)C(C)C)cc1. The minimum atomic E-state index is 0.607. The van der Waals surface area contributed by atoms with Crippen molar-refractivity contribution in [3.05, 3.63) is 41.0 Å². The molecule has 0 atom stereocenters. The summed E-state index contributed by atoms with van der Waals surface area (Å²) in [6.07, 6.45) is 2.26. The molecule has 0 amide bonds. The van der Waals surface area contributed by atoms with Crippen molar-refractivity contribution in [3.63, 3.8) is 0 Å². The summed E-state index contributed by atoms with van der Waals surface area (Å²) < 4.78 is 0. The predicted octanol–water partition coefficient (Wildman–Crippen LogP) is 4.43. The van der Waals surface area contributed by atoms with Crippen LogP contribution in [0.3, 0.4) is 0 Å². The van der Waals surface area contributed by atoms with E-state index in [2.05, 4.69) is 67.0 Å². The molecule has 0 N–H and O–H groups in total. The fourth-order valence-corrected chi connectivity index (χ4v) is 2.05. The van der Waals surface area contributed by atoms with E-state index < -0.39 is 0 Å². The summed E-state index contributed by atoms with van der Waals surface area (Å²) in [6.45, 7) is 6.56. The van der Waals surface area contributed by atoms with Gasteiger partial charge in [-0.1, -0.05) is 71.3 Å². The second-order valence-corrected chi connectivity index (χ2v) is 4.48. The van der Waals surface area contributed by atoms with E-state index >= 15 is 0 Å². The molecule has 0 saturated heterocycles. The molecule has 0 saturated carbocycles. The zero-order chi connectivity index (χ0) is 10.6. The normalized spacial score (nSPS) is 12.2. The molecule has 0 fully saturated rings. The molecule has 0 aliphatic rings. The van der Waals surface area contributed by atoms with Crippen LogP contribution in [0, 0.1) is 12.8 Å². The number of hydrogen-bond donors (Lipinski definition) is 0. The van der Waals surface area contributed by atoms with Crippen LogP contribution in [0.15, 0.2) is 29.8 Å². The Morgan fingerprint density at radius 1 is 1.29 bits per heavy atom. The van der Waals surface area contributed by atoms with Crippen LogP contribution in [-0.4, -0.2) is 5.33 Å². The molecule has 1 aromatic carbocycles. The summed E-state index contributed by atoms with van der Waals surface area (Å²) in [4.78, 5) is 0. The van der Waals surface area contributed by atoms with E-state index in [1.807, 2.05) is 0 Å². The molecule has 0 nitrogen and oxygen atoms in total. The number of rotatable bonds is 3. The smallest absolute Gasteiger partial charge is 0.0247 e. The van der Waals surface area contributed by atoms with E-state index in [1.54, 1.807) is 0 Å². The summed E-state index contributed by atoms with van der Waals surface area (Å²) in [5.41, 5.74) is 4.04. The second-order valence-electron chi connectivity index (χ2n) is 3.92. The predicted molar refractivity (Wildman–Crippen MR) is 67.8 cm³/mol. The lowest BCUT2D eigenvalue weighted by atomic mass is 10.0. The summed E-state index contributed by atoms with van der Waals surface area (Å²) in [7, 11) is 0. The lowest BCUT2D eigenvalue weighted by molar-refractivity contribution is 0.781. The topological polar surface area (TPSA) is 0 Å². The van der Waals surface area contributed by atoms with Gasteiger partial charge in [0, 0.05) is 5.33 Å². The third-order valence-electron chi connectivity index (χ3n) is 2.33. The molecular weight excluding hydrogens is 236 g/mol. The minimum Gasteiger partial charge on any atom is -0.0880 e. The van der Waals surface area contributed by atoms with Gasteiger partial charge in [0.2, 0.25) is 0 Å². The van der Waals surface area contributed by atoms with E-state index in [-0.39, 0.29) is 0 Å². The van der Waals surface area contributed by atoms with Crippen molar-refractivity contribution >= 4 is 22.0 Å². The largest absolute Gasteiger partial charge is 0.0880 e. The zero-order valence-electron chi connectivity index (χ0n) is 9.05. The van der Waals surface area contributed by atoms with E-state index in [9.17, 15) is 0 Å². The second kappa shape index (κ2) is 5.35. The number of aryl methyl sites for hydroxylation is 1. The summed E-state index contributed by atoms with van der Waals surface area (Å²) in [5.74, 6) is 0.607. The van der Waals surface area contributed by atoms with Crippen molar-refractivity contribution in [2.24, 2.45) is 5.92 Å². The number of halogens is 1. The Labute approximate surface area is 95.2 Å². The quantitative estimate of drug-likeness (QED) is 0.699. The van der Waals surface area contributed by atoms with Crippen molar-refractivity contribution in [1.29, 1.82) is 0 Å². The van der Waals surface area contributed by atoms with Crippen LogP contribution in [0.2, 0.25) is 0 Å². The average Bonchev–Trinajstić information content (AvgIpc) is 2.16. The summed E-state index contributed by atoms with van der Waals surface area (Å²) in [6, 6.07) is 8.64. The zero-order valence-corrected chi connectivity index (χ0v) is 10.6. The first kappa shape index (κ1) is 11.5. The number of allylic oxidation sites excluding steroid dienone is 1. The fraction of sp³-hybridized carbons (Fsp3) is 0.385. The minimum absolute atomic E-state index is 0.607. The highest BCUT2D eigenvalue weighted by atomic mass is 79.9. The Morgan fingerprint density at radius 2 is 1.86 bits per heavy atom. The standard InChI is InChI=1S/C13H17Br/c1-10(2)13(9-14)8-12-6-4-11(3)5-7-12/h4-8,10H,9H2,1-3H3. The molecule has 1 heteroatoms. The molecule has 0 radical (unpaired) electrons. The highest BCUT2D eigenvalue weighted by Gasteiger charge is 2.00. The highest BCUT2D eigenvalue weighted by Crippen LogP contribution is 2.17. The number of benzene rings is 1. The van der Waals surface area contributed by atoms with Gasteiger partial charge < -0.3 is 0 Å². The molecule has 0 aliphatic heterocycles. The molecule has 0 heterocycles. The molecule has 0 bridgehead atoms. The first-order chi connectivity index (χ1) is 6.63. The van der Waals surface area contributed by atoms with E-state index in [0.717, 1.165) is 5.33 Å². The van der Waals surface area contributed by atoms with Crippen molar-refractivity contribution in [2.75, 3.05) is 5.33 Å². The Morgan fingerprint density at radius 3 is 2.29 bits per heavy atom. The van der Waals surface area contributed by atoms with E-state index in [0.29, 0.717) is 5.92 Å². The van der Waals surface area contributed by atoms with Crippen LogP contribution in [0.1, 0.15) is 25.0 Å². The van der Waals surface area contributed by atoms with Gasteiger partial charge in [0.25, 0.3) is 0 Å². The van der Waals surface area contributed by atoms with E-state index in [1.165, 1.54) is 16.7 Å². The van der Waals surface area contributed by atoms with E-state index in [4.69, 9.17) is 0 Å². The van der Waals surface area contributed by atoms with Crippen LogP contribution in [0.4, 0.5) is 0 Å². The van der Waals surface area contributed by atoms with Crippen molar-refractivity contribution in [2.45, 2.75) is 20.8 Å². The van der Waals surface area contributed by atoms with Crippen LogP contribution >= 0.6 is 15.9 Å². The average molecular weight is 253 g/mol.